The molecule has 10 heteroatoms. The maximum atomic E-state index is 13.1. The number of nitrogens with one attached hydrogen (secondary N) is 3. The van der Waals surface area contributed by atoms with E-state index in [0.717, 1.165) is 0 Å². The fraction of sp³-hybridized carbons (Fsp3) is 0.333. The third kappa shape index (κ3) is 5.46. The first kappa shape index (κ1) is 23.5. The topological polar surface area (TPSA) is 123 Å². The van der Waals surface area contributed by atoms with E-state index in [1.807, 2.05) is 4.90 Å². The molecule has 0 aromatic heterocycles. The number of hydrogen-bond donors (Lipinski definition) is 4. The standard InChI is InChI=1S/C24H26FN5O4/c1-14(15-2-4-16(25)5-3-15)23(33)29-28-22-19-12-17(6-7-20(19)27-24(22)34)26-21(32)13-30-10-8-18(31)9-11-30/h2-7,12,14,18,31H,8-11,13H2,1H3,(H,26,32)(H,29,33)(H,27,28,34). The van der Waals surface area contributed by atoms with Crippen molar-refractivity contribution in [2.24, 2.45) is 5.10 Å². The van der Waals surface area contributed by atoms with Gasteiger partial charge in [-0.05, 0) is 55.7 Å². The van der Waals surface area contributed by atoms with Gasteiger partial charge in [-0.2, -0.15) is 5.10 Å². The van der Waals surface area contributed by atoms with E-state index in [1.165, 1.54) is 24.3 Å². The number of likely N-dealkylation sites (tertiary alicyclic amines) is 1. The number of hydrazone groups is 1. The number of benzene rings is 2. The number of aliphatic hydroxyl groups is 1. The number of nitrogens with zero attached hydrogens (tertiary/aromatic N) is 2. The molecule has 0 bridgehead atoms. The first-order valence-electron chi connectivity index (χ1n) is 11.1. The Kier molecular flexibility index (Phi) is 6.99. The quantitative estimate of drug-likeness (QED) is 0.483. The van der Waals surface area contributed by atoms with Gasteiger partial charge >= 0.3 is 0 Å². The number of halogens is 1. The average Bonchev–Trinajstić information content (AvgIpc) is 3.13. The monoisotopic (exact) mass is 467 g/mol. The van der Waals surface area contributed by atoms with E-state index in [2.05, 4.69) is 21.2 Å². The molecule has 2 aliphatic rings. The van der Waals surface area contributed by atoms with Gasteiger partial charge in [0.2, 0.25) is 11.8 Å². The Morgan fingerprint density at radius 2 is 1.91 bits per heavy atom. The SMILES string of the molecule is CC(C(=O)N/N=C1\C(=O)Nc2ccc(NC(=O)CN3CCC(O)CC3)cc21)c1ccc(F)cc1. The molecule has 1 unspecified atom stereocenters. The number of carbonyl (C=O) groups excluding carboxylic acids is 3. The second-order valence-electron chi connectivity index (χ2n) is 8.48. The summed E-state index contributed by atoms with van der Waals surface area (Å²) in [6, 6.07) is 10.5. The number of fused-ring (bicyclic) bond motifs is 1. The van der Waals surface area contributed by atoms with Crippen LogP contribution in [0.2, 0.25) is 0 Å². The second-order valence-corrected chi connectivity index (χ2v) is 8.48. The summed E-state index contributed by atoms with van der Waals surface area (Å²) in [6.45, 7) is 3.18. The summed E-state index contributed by atoms with van der Waals surface area (Å²) in [7, 11) is 0. The van der Waals surface area contributed by atoms with Gasteiger partial charge in [0.1, 0.15) is 5.82 Å². The van der Waals surface area contributed by atoms with E-state index in [9.17, 15) is 23.9 Å². The van der Waals surface area contributed by atoms with Gasteiger partial charge in [-0.1, -0.05) is 12.1 Å². The van der Waals surface area contributed by atoms with Crippen molar-refractivity contribution in [1.82, 2.24) is 10.3 Å². The summed E-state index contributed by atoms with van der Waals surface area (Å²) in [5.74, 6) is -2.12. The fourth-order valence-corrected chi connectivity index (χ4v) is 3.93. The minimum absolute atomic E-state index is 0.0239. The van der Waals surface area contributed by atoms with Crippen LogP contribution >= 0.6 is 0 Å². The van der Waals surface area contributed by atoms with Gasteiger partial charge in [0.15, 0.2) is 5.71 Å². The third-order valence-corrected chi connectivity index (χ3v) is 5.99. The van der Waals surface area contributed by atoms with Crippen molar-refractivity contribution in [1.29, 1.82) is 0 Å². The molecule has 3 amide bonds. The van der Waals surface area contributed by atoms with Gasteiger partial charge in [0, 0.05) is 24.3 Å². The molecule has 4 rings (SSSR count). The van der Waals surface area contributed by atoms with E-state index in [0.29, 0.717) is 48.4 Å². The maximum Gasteiger partial charge on any atom is 0.276 e. The van der Waals surface area contributed by atoms with Gasteiger partial charge in [-0.3, -0.25) is 19.3 Å². The molecule has 1 saturated heterocycles. The van der Waals surface area contributed by atoms with Gasteiger partial charge in [0.25, 0.3) is 5.91 Å². The van der Waals surface area contributed by atoms with Crippen molar-refractivity contribution in [2.45, 2.75) is 31.8 Å². The summed E-state index contributed by atoms with van der Waals surface area (Å²) >= 11 is 0. The van der Waals surface area contributed by atoms with Gasteiger partial charge < -0.3 is 15.7 Å². The second kappa shape index (κ2) is 10.1. The molecule has 9 nitrogen and oxygen atoms in total. The fourth-order valence-electron chi connectivity index (χ4n) is 3.93. The Bertz CT molecular complexity index is 1130. The zero-order valence-electron chi connectivity index (χ0n) is 18.7. The zero-order valence-corrected chi connectivity index (χ0v) is 18.7. The van der Waals surface area contributed by atoms with Crippen LogP contribution in [0.4, 0.5) is 15.8 Å². The van der Waals surface area contributed by atoms with Crippen LogP contribution in [0.3, 0.4) is 0 Å². The average molecular weight is 468 g/mol. The van der Waals surface area contributed by atoms with E-state index < -0.39 is 23.5 Å². The molecule has 0 aliphatic carbocycles. The zero-order chi connectivity index (χ0) is 24.2. The molecule has 0 saturated carbocycles. The minimum Gasteiger partial charge on any atom is -0.393 e. The molecule has 1 fully saturated rings. The molecule has 0 spiro atoms. The lowest BCUT2D eigenvalue weighted by Crippen LogP contribution is -2.40. The molecule has 178 valence electrons. The highest BCUT2D eigenvalue weighted by atomic mass is 19.1. The van der Waals surface area contributed by atoms with Crippen LogP contribution in [0, 0.1) is 5.82 Å². The van der Waals surface area contributed by atoms with Crippen molar-refractivity contribution in [3.63, 3.8) is 0 Å². The highest BCUT2D eigenvalue weighted by Crippen LogP contribution is 2.27. The lowest BCUT2D eigenvalue weighted by molar-refractivity contribution is -0.122. The number of hydrogen-bond acceptors (Lipinski definition) is 6. The van der Waals surface area contributed by atoms with Crippen LogP contribution in [0.5, 0.6) is 0 Å². The molecular formula is C24H26FN5O4. The van der Waals surface area contributed by atoms with Crippen LogP contribution in [0.1, 0.15) is 36.8 Å². The van der Waals surface area contributed by atoms with Gasteiger partial charge in [-0.25, -0.2) is 9.82 Å². The number of aliphatic hydroxyl groups excluding tert-OH is 1. The van der Waals surface area contributed by atoms with E-state index in [1.54, 1.807) is 25.1 Å². The molecule has 2 aromatic carbocycles. The van der Waals surface area contributed by atoms with Crippen LogP contribution in [-0.4, -0.2) is 59.2 Å². The third-order valence-electron chi connectivity index (χ3n) is 5.99. The van der Waals surface area contributed by atoms with Crippen molar-refractivity contribution in [2.75, 3.05) is 30.3 Å². The molecular weight excluding hydrogens is 441 g/mol. The Morgan fingerprint density at radius 3 is 2.62 bits per heavy atom. The molecule has 34 heavy (non-hydrogen) atoms. The Morgan fingerprint density at radius 1 is 1.21 bits per heavy atom. The highest BCUT2D eigenvalue weighted by Gasteiger charge is 2.28. The first-order chi connectivity index (χ1) is 16.3. The smallest absolute Gasteiger partial charge is 0.276 e. The normalized spacial score (nSPS) is 18.3. The maximum absolute atomic E-state index is 13.1. The van der Waals surface area contributed by atoms with Crippen LogP contribution in [0.25, 0.3) is 0 Å². The van der Waals surface area contributed by atoms with Crippen molar-refractivity contribution >= 4 is 34.8 Å². The predicted octanol–water partition coefficient (Wildman–Crippen LogP) is 1.80. The predicted molar refractivity (Wildman–Crippen MR) is 125 cm³/mol. The number of carbonyl (C=O) groups is 3. The van der Waals surface area contributed by atoms with Crippen LogP contribution in [-0.2, 0) is 14.4 Å². The van der Waals surface area contributed by atoms with Crippen molar-refractivity contribution < 1.29 is 23.9 Å². The summed E-state index contributed by atoms with van der Waals surface area (Å²) in [5, 5.41) is 19.1. The first-order valence-corrected chi connectivity index (χ1v) is 11.1. The lowest BCUT2D eigenvalue weighted by Gasteiger charge is -2.28. The highest BCUT2D eigenvalue weighted by molar-refractivity contribution is 6.54. The van der Waals surface area contributed by atoms with E-state index in [4.69, 9.17) is 0 Å². The van der Waals surface area contributed by atoms with Gasteiger partial charge in [0.05, 0.1) is 24.3 Å². The van der Waals surface area contributed by atoms with Crippen molar-refractivity contribution in [3.05, 3.63) is 59.4 Å². The summed E-state index contributed by atoms with van der Waals surface area (Å²) in [4.78, 5) is 39.3. The Balaban J connectivity index is 1.42. The van der Waals surface area contributed by atoms with Crippen LogP contribution < -0.4 is 16.1 Å². The lowest BCUT2D eigenvalue weighted by atomic mass is 10.0. The number of rotatable bonds is 6. The van der Waals surface area contributed by atoms with E-state index >= 15 is 0 Å². The largest absolute Gasteiger partial charge is 0.393 e. The molecule has 2 aromatic rings. The van der Waals surface area contributed by atoms with Crippen LogP contribution in [0.15, 0.2) is 47.6 Å². The minimum atomic E-state index is -0.601. The van der Waals surface area contributed by atoms with E-state index in [-0.39, 0.29) is 24.3 Å². The summed E-state index contributed by atoms with van der Waals surface area (Å²) in [6.07, 6.45) is 0.981. The Hall–Kier alpha value is -3.63. The molecule has 2 aliphatic heterocycles. The number of anilines is 2. The number of amides is 3. The molecule has 1 atom stereocenters. The van der Waals surface area contributed by atoms with Gasteiger partial charge in [-0.15, -0.1) is 0 Å². The summed E-state index contributed by atoms with van der Waals surface area (Å²) < 4.78 is 13.1. The molecule has 0 radical (unpaired) electrons. The molecule has 4 N–H and O–H groups in total. The molecule has 2 heterocycles. The summed E-state index contributed by atoms with van der Waals surface area (Å²) in [5.41, 5.74) is 4.52. The number of piperidine rings is 1. The van der Waals surface area contributed by atoms with Crippen molar-refractivity contribution in [3.8, 4) is 0 Å². The Labute approximate surface area is 196 Å².